The van der Waals surface area contributed by atoms with Crippen molar-refractivity contribution in [2.75, 3.05) is 27.2 Å². The average molecular weight is 476 g/mol. The second-order valence-electron chi connectivity index (χ2n) is 8.57. The minimum atomic E-state index is -0.458. The number of carbonyl (C=O) groups is 1. The summed E-state index contributed by atoms with van der Waals surface area (Å²) in [5.74, 6) is 0.112. The smallest absolute Gasteiger partial charge is 0.339 e. The van der Waals surface area contributed by atoms with E-state index < -0.39 is 5.79 Å². The van der Waals surface area contributed by atoms with Gasteiger partial charge in [-0.05, 0) is 49.7 Å². The molecule has 5 rings (SSSR count). The summed E-state index contributed by atoms with van der Waals surface area (Å²) in [6, 6.07) is 10.7. The van der Waals surface area contributed by atoms with E-state index in [4.69, 9.17) is 14.2 Å². The number of esters is 1. The van der Waals surface area contributed by atoms with Crippen molar-refractivity contribution in [3.05, 3.63) is 58.9 Å². The van der Waals surface area contributed by atoms with Crippen LogP contribution in [0.5, 0.6) is 5.75 Å². The first-order valence-corrected chi connectivity index (χ1v) is 11.4. The van der Waals surface area contributed by atoms with Crippen molar-refractivity contribution in [3.63, 3.8) is 0 Å². The molecule has 2 fully saturated rings. The number of ether oxygens (including phenoxy) is 3. The number of hydrogen-bond acceptors (Lipinski definition) is 7. The van der Waals surface area contributed by atoms with Crippen LogP contribution in [-0.4, -0.2) is 54.9 Å². The zero-order chi connectivity index (χ0) is 22.6. The zero-order valence-electron chi connectivity index (χ0n) is 19.4. The summed E-state index contributed by atoms with van der Waals surface area (Å²) in [5.41, 5.74) is 8.10. The number of likely N-dealkylation sites (tertiary alicyclic amines) is 1. The summed E-state index contributed by atoms with van der Waals surface area (Å²) in [6.45, 7) is 2.71. The number of carbonyl (C=O) groups excluding carboxylic acids is 1. The van der Waals surface area contributed by atoms with Crippen LogP contribution in [0.25, 0.3) is 0 Å². The van der Waals surface area contributed by atoms with Gasteiger partial charge in [0.05, 0.1) is 19.3 Å². The summed E-state index contributed by atoms with van der Waals surface area (Å²) in [6.07, 6.45) is 8.19. The van der Waals surface area contributed by atoms with Gasteiger partial charge in [-0.25, -0.2) is 4.79 Å². The molecular weight excluding hydrogens is 442 g/mol. The quantitative estimate of drug-likeness (QED) is 0.674. The molecule has 1 aromatic carbocycles. The maximum atomic E-state index is 11.5. The SMILES string of the molecule is CN.COC(=O)c1ccc(Cc2ccc3c(c2)COC2(CCN(C4CCC4)CC2)O3)nc1.Cl. The molecule has 3 aliphatic rings. The summed E-state index contributed by atoms with van der Waals surface area (Å²) in [5, 5.41) is 0. The molecule has 2 aliphatic heterocycles. The number of nitrogens with two attached hydrogens (primary N) is 1. The molecule has 2 aromatic rings. The molecule has 0 amide bonds. The van der Waals surface area contributed by atoms with Crippen molar-refractivity contribution < 1.29 is 19.0 Å². The lowest BCUT2D eigenvalue weighted by molar-refractivity contribution is -0.231. The number of methoxy groups -OCH3 is 1. The normalized spacial score (nSPS) is 19.1. The molecule has 0 atom stereocenters. The molecule has 1 saturated carbocycles. The molecule has 180 valence electrons. The van der Waals surface area contributed by atoms with Crippen molar-refractivity contribution in [1.82, 2.24) is 9.88 Å². The summed E-state index contributed by atoms with van der Waals surface area (Å²) in [4.78, 5) is 18.5. The van der Waals surface area contributed by atoms with E-state index in [1.807, 2.05) is 6.07 Å². The molecule has 1 spiro atoms. The van der Waals surface area contributed by atoms with Crippen LogP contribution in [0.1, 0.15) is 59.3 Å². The third kappa shape index (κ3) is 5.66. The van der Waals surface area contributed by atoms with Crippen molar-refractivity contribution in [3.8, 4) is 5.75 Å². The average Bonchev–Trinajstić information content (AvgIpc) is 2.81. The fourth-order valence-corrected chi connectivity index (χ4v) is 4.60. The predicted molar refractivity (Wildman–Crippen MR) is 129 cm³/mol. The van der Waals surface area contributed by atoms with Gasteiger partial charge >= 0.3 is 5.97 Å². The van der Waals surface area contributed by atoms with Gasteiger partial charge in [0.15, 0.2) is 0 Å². The van der Waals surface area contributed by atoms with Crippen molar-refractivity contribution in [1.29, 1.82) is 0 Å². The number of nitrogens with zero attached hydrogens (tertiary/aromatic N) is 2. The molecule has 2 N–H and O–H groups in total. The molecule has 0 unspecified atom stereocenters. The monoisotopic (exact) mass is 475 g/mol. The number of halogens is 1. The number of piperidine rings is 1. The molecule has 1 saturated heterocycles. The second-order valence-corrected chi connectivity index (χ2v) is 8.57. The Morgan fingerprint density at radius 3 is 2.58 bits per heavy atom. The van der Waals surface area contributed by atoms with E-state index >= 15 is 0 Å². The van der Waals surface area contributed by atoms with Crippen molar-refractivity contribution in [2.24, 2.45) is 5.73 Å². The van der Waals surface area contributed by atoms with Crippen LogP contribution in [0.3, 0.4) is 0 Å². The number of rotatable bonds is 4. The zero-order valence-corrected chi connectivity index (χ0v) is 20.2. The van der Waals surface area contributed by atoms with Crippen molar-refractivity contribution in [2.45, 2.75) is 57.0 Å². The first kappa shape index (κ1) is 25.4. The summed E-state index contributed by atoms with van der Waals surface area (Å²) >= 11 is 0. The van der Waals surface area contributed by atoms with Gasteiger partial charge in [0.25, 0.3) is 0 Å². The molecule has 1 aliphatic carbocycles. The minimum absolute atomic E-state index is 0. The lowest BCUT2D eigenvalue weighted by Gasteiger charge is -2.47. The molecular formula is C25H34ClN3O4. The third-order valence-corrected chi connectivity index (χ3v) is 6.69. The topological polar surface area (TPSA) is 86.9 Å². The first-order valence-electron chi connectivity index (χ1n) is 11.4. The van der Waals surface area contributed by atoms with Gasteiger partial charge in [-0.1, -0.05) is 12.5 Å². The first-order chi connectivity index (χ1) is 15.6. The van der Waals surface area contributed by atoms with Crippen LogP contribution < -0.4 is 10.5 Å². The Balaban J connectivity index is 0.000000994. The Labute approximate surface area is 202 Å². The van der Waals surface area contributed by atoms with Crippen molar-refractivity contribution >= 4 is 18.4 Å². The number of aromatic nitrogens is 1. The van der Waals surface area contributed by atoms with E-state index in [-0.39, 0.29) is 18.4 Å². The lowest BCUT2D eigenvalue weighted by atomic mass is 9.89. The molecule has 7 nitrogen and oxygen atoms in total. The second kappa shape index (κ2) is 11.3. The standard InChI is InChI=1S/C24H28N2O4.CH5N.ClH/c1-28-23(27)18-6-7-20(25-15-18)14-17-5-8-22-19(13-17)16-29-24(30-22)9-11-26(12-10-24)21-3-2-4-21;1-2;/h5-8,13,15,21H,2-4,9-12,14,16H2,1H3;2H2,1H3;1H. The largest absolute Gasteiger partial charge is 0.465 e. The summed E-state index contributed by atoms with van der Waals surface area (Å²) in [7, 11) is 2.87. The maximum Gasteiger partial charge on any atom is 0.339 e. The molecule has 1 aromatic heterocycles. The van der Waals surface area contributed by atoms with Gasteiger partial charge in [-0.15, -0.1) is 12.4 Å². The van der Waals surface area contributed by atoms with E-state index in [0.29, 0.717) is 18.6 Å². The minimum Gasteiger partial charge on any atom is -0.465 e. The van der Waals surface area contributed by atoms with Gasteiger partial charge in [-0.3, -0.25) is 9.88 Å². The highest BCUT2D eigenvalue weighted by atomic mass is 35.5. The highest BCUT2D eigenvalue weighted by Crippen LogP contribution is 2.39. The van der Waals surface area contributed by atoms with Crippen LogP contribution >= 0.6 is 12.4 Å². The highest BCUT2D eigenvalue weighted by Gasteiger charge is 2.42. The number of hydrogen-bond donors (Lipinski definition) is 1. The Morgan fingerprint density at radius 1 is 1.21 bits per heavy atom. The van der Waals surface area contributed by atoms with Gasteiger partial charge in [-0.2, -0.15) is 0 Å². The molecule has 0 radical (unpaired) electrons. The molecule has 0 bridgehead atoms. The van der Waals surface area contributed by atoms with Crippen LogP contribution in [0.15, 0.2) is 36.5 Å². The third-order valence-electron chi connectivity index (χ3n) is 6.69. The van der Waals surface area contributed by atoms with Gasteiger partial charge in [0.2, 0.25) is 5.79 Å². The van der Waals surface area contributed by atoms with Crippen LogP contribution in [0.4, 0.5) is 0 Å². The number of fused-ring (bicyclic) bond motifs is 1. The van der Waals surface area contributed by atoms with Crippen LogP contribution in [0, 0.1) is 0 Å². The molecule has 3 heterocycles. The fraction of sp³-hybridized carbons (Fsp3) is 0.520. The number of benzene rings is 1. The Kier molecular flexibility index (Phi) is 8.70. The van der Waals surface area contributed by atoms with E-state index in [9.17, 15) is 4.79 Å². The van der Waals surface area contributed by atoms with Crippen LogP contribution in [0.2, 0.25) is 0 Å². The van der Waals surface area contributed by atoms with E-state index in [1.165, 1.54) is 33.4 Å². The van der Waals surface area contributed by atoms with E-state index in [2.05, 4.69) is 33.8 Å². The van der Waals surface area contributed by atoms with Gasteiger partial charge < -0.3 is 19.9 Å². The van der Waals surface area contributed by atoms with E-state index in [1.54, 1.807) is 12.3 Å². The molecule has 8 heteroatoms. The predicted octanol–water partition coefficient (Wildman–Crippen LogP) is 3.71. The van der Waals surface area contributed by atoms with E-state index in [0.717, 1.165) is 54.5 Å². The Hall–Kier alpha value is -2.19. The van der Waals surface area contributed by atoms with Gasteiger partial charge in [0.1, 0.15) is 5.75 Å². The van der Waals surface area contributed by atoms with Gasteiger partial charge in [0, 0.05) is 55.8 Å². The Bertz CT molecular complexity index is 926. The maximum absolute atomic E-state index is 11.5. The number of pyridine rings is 1. The van der Waals surface area contributed by atoms with Crippen LogP contribution in [-0.2, 0) is 22.5 Å². The lowest BCUT2D eigenvalue weighted by Crippen LogP contribution is -2.54. The fourth-order valence-electron chi connectivity index (χ4n) is 4.60. The summed E-state index contributed by atoms with van der Waals surface area (Å²) < 4.78 is 17.4. The molecule has 33 heavy (non-hydrogen) atoms. The highest BCUT2D eigenvalue weighted by molar-refractivity contribution is 5.88. The Morgan fingerprint density at radius 2 is 1.97 bits per heavy atom.